The van der Waals surface area contributed by atoms with Gasteiger partial charge in [-0.3, -0.25) is 13.9 Å². The van der Waals surface area contributed by atoms with Crippen molar-refractivity contribution in [1.82, 2.24) is 10.6 Å². The van der Waals surface area contributed by atoms with Crippen LogP contribution in [0.15, 0.2) is 91.0 Å². The molecule has 0 saturated carbocycles. The van der Waals surface area contributed by atoms with Crippen LogP contribution in [0.3, 0.4) is 0 Å². The number of carbonyl (C=O) groups is 3. The van der Waals surface area contributed by atoms with Crippen LogP contribution in [0.1, 0.15) is 56.2 Å². The molecule has 242 valence electrons. The number of unbranched alkanes of at least 4 members (excludes halogenated alkanes) is 1. The lowest BCUT2D eigenvalue weighted by Crippen LogP contribution is -2.40. The number of benzene rings is 3. The average molecular weight is 639 g/mol. The summed E-state index contributed by atoms with van der Waals surface area (Å²) in [4.78, 5) is 48.9. The van der Waals surface area contributed by atoms with E-state index >= 15 is 0 Å². The van der Waals surface area contributed by atoms with Gasteiger partial charge >= 0.3 is 19.7 Å². The first-order valence-corrected chi connectivity index (χ1v) is 16.8. The highest BCUT2D eigenvalue weighted by Crippen LogP contribution is 2.51. The van der Waals surface area contributed by atoms with Crippen LogP contribution in [0.25, 0.3) is 0 Å². The molecule has 2 unspecified atom stereocenters. The highest BCUT2D eigenvalue weighted by molar-refractivity contribution is 7.53. The summed E-state index contributed by atoms with van der Waals surface area (Å²) >= 11 is 0. The fourth-order valence-electron chi connectivity index (χ4n) is 4.47. The van der Waals surface area contributed by atoms with Crippen molar-refractivity contribution in [3.8, 4) is 0 Å². The molecule has 3 aromatic carbocycles. The van der Waals surface area contributed by atoms with E-state index in [1.807, 2.05) is 78.9 Å². The maximum atomic E-state index is 13.6. The van der Waals surface area contributed by atoms with Crippen LogP contribution < -0.4 is 10.6 Å². The number of esters is 1. The molecule has 0 aromatic heterocycles. The van der Waals surface area contributed by atoms with Gasteiger partial charge in [0, 0.05) is 13.0 Å². The first kappa shape index (κ1) is 35.5. The van der Waals surface area contributed by atoms with Gasteiger partial charge in [-0.05, 0) is 48.3 Å². The Morgan fingerprint density at radius 2 is 1.31 bits per heavy atom. The largest absolute Gasteiger partial charge is 0.459 e. The van der Waals surface area contributed by atoms with Crippen molar-refractivity contribution < 1.29 is 37.8 Å². The van der Waals surface area contributed by atoms with Crippen molar-refractivity contribution in [2.45, 2.75) is 71.1 Å². The lowest BCUT2D eigenvalue weighted by Gasteiger charge is -2.29. The fraction of sp³-hybridized carbons (Fsp3) is 0.382. The third-order valence-electron chi connectivity index (χ3n) is 6.92. The molecule has 10 nitrogen and oxygen atoms in total. The van der Waals surface area contributed by atoms with Gasteiger partial charge in [0.1, 0.15) is 19.0 Å². The van der Waals surface area contributed by atoms with E-state index in [1.54, 1.807) is 26.0 Å². The number of hydrogen-bond acceptors (Lipinski definition) is 7. The Morgan fingerprint density at radius 1 is 0.778 bits per heavy atom. The Labute approximate surface area is 265 Å². The lowest BCUT2D eigenvalue weighted by molar-refractivity contribution is -0.154. The second-order valence-corrected chi connectivity index (χ2v) is 12.9. The number of hydrogen-bond donors (Lipinski definition) is 3. The number of carbonyl (C=O) groups excluding carboxylic acids is 3. The SMILES string of the molecule is CC(C)[C@@H](NC(=O)CCc1ccccc1)P(=O)(O)OC(CCCCNC(=O)OCc1ccccc1)C(=O)OCc1ccccc1. The van der Waals surface area contributed by atoms with Gasteiger partial charge in [-0.15, -0.1) is 0 Å². The van der Waals surface area contributed by atoms with Crippen molar-refractivity contribution in [2.75, 3.05) is 6.54 Å². The minimum Gasteiger partial charge on any atom is -0.459 e. The number of nitrogens with one attached hydrogen (secondary N) is 2. The van der Waals surface area contributed by atoms with Crippen LogP contribution in [-0.2, 0) is 47.8 Å². The predicted octanol–water partition coefficient (Wildman–Crippen LogP) is 6.13. The van der Waals surface area contributed by atoms with Crippen LogP contribution in [0, 0.1) is 5.92 Å². The standard InChI is InChI=1S/C34H43N2O8P/c1-26(2)32(36-31(37)22-21-27-14-6-3-7-15-27)45(40,41)44-30(33(38)42-24-28-16-8-4-9-17-28)20-12-13-23-35-34(39)43-25-29-18-10-5-11-19-29/h3-11,14-19,26,30,32H,12-13,20-25H2,1-2H3,(H,35,39)(H,36,37)(H,40,41)/t30?,32-/m0/s1. The van der Waals surface area contributed by atoms with Crippen LogP contribution in [0.4, 0.5) is 4.79 Å². The van der Waals surface area contributed by atoms with Gasteiger partial charge in [0.25, 0.3) is 0 Å². The van der Waals surface area contributed by atoms with E-state index in [0.29, 0.717) is 19.3 Å². The summed E-state index contributed by atoms with van der Waals surface area (Å²) in [5.74, 6) is -2.88. The van der Waals surface area contributed by atoms with E-state index in [1.165, 1.54) is 0 Å². The normalized spacial score (nSPS) is 13.7. The Hall–Kier alpha value is -3.98. The molecule has 3 aromatic rings. The number of alkyl carbamates (subject to hydrolysis) is 1. The first-order valence-electron chi connectivity index (χ1n) is 15.1. The molecule has 0 aliphatic rings. The smallest absolute Gasteiger partial charge is 0.407 e. The van der Waals surface area contributed by atoms with E-state index in [4.69, 9.17) is 14.0 Å². The monoisotopic (exact) mass is 638 g/mol. The van der Waals surface area contributed by atoms with Gasteiger partial charge in [0.15, 0.2) is 6.10 Å². The molecule has 0 bridgehead atoms. The molecule has 0 fully saturated rings. The van der Waals surface area contributed by atoms with Crippen molar-refractivity contribution in [1.29, 1.82) is 0 Å². The molecule has 2 amide bonds. The Balaban J connectivity index is 1.56. The fourth-order valence-corrected chi connectivity index (χ4v) is 6.21. The molecular formula is C34H43N2O8P. The molecule has 0 aliphatic carbocycles. The van der Waals surface area contributed by atoms with Crippen molar-refractivity contribution in [3.63, 3.8) is 0 Å². The molecule has 0 saturated heterocycles. The number of rotatable bonds is 18. The Bertz CT molecular complexity index is 1370. The zero-order valence-electron chi connectivity index (χ0n) is 25.8. The minimum absolute atomic E-state index is 0.0338. The molecule has 45 heavy (non-hydrogen) atoms. The van der Waals surface area contributed by atoms with Crippen molar-refractivity contribution in [2.24, 2.45) is 5.92 Å². The molecule has 3 N–H and O–H groups in total. The highest BCUT2D eigenvalue weighted by atomic mass is 31.2. The molecule has 3 atom stereocenters. The average Bonchev–Trinajstić information content (AvgIpc) is 3.04. The number of ether oxygens (including phenoxy) is 2. The molecule has 11 heteroatoms. The van der Waals surface area contributed by atoms with E-state index in [9.17, 15) is 23.8 Å². The summed E-state index contributed by atoms with van der Waals surface area (Å²) < 4.78 is 29.8. The molecular weight excluding hydrogens is 595 g/mol. The summed E-state index contributed by atoms with van der Waals surface area (Å²) in [6.45, 7) is 3.76. The van der Waals surface area contributed by atoms with E-state index in [-0.39, 0.29) is 32.6 Å². The Kier molecular flexibility index (Phi) is 14.8. The summed E-state index contributed by atoms with van der Waals surface area (Å²) in [5.41, 5.74) is 2.58. The van der Waals surface area contributed by atoms with Crippen molar-refractivity contribution in [3.05, 3.63) is 108 Å². The summed E-state index contributed by atoms with van der Waals surface area (Å²) in [5, 5.41) is 5.31. The Morgan fingerprint density at radius 3 is 1.87 bits per heavy atom. The van der Waals surface area contributed by atoms with Crippen LogP contribution in [0.2, 0.25) is 0 Å². The summed E-state index contributed by atoms with van der Waals surface area (Å²) in [6, 6.07) is 27.8. The van der Waals surface area contributed by atoms with E-state index in [2.05, 4.69) is 10.6 Å². The van der Waals surface area contributed by atoms with Gasteiger partial charge in [0.05, 0.1) is 0 Å². The quantitative estimate of drug-likeness (QED) is 0.0859. The molecule has 0 spiro atoms. The summed E-state index contributed by atoms with van der Waals surface area (Å²) in [6.07, 6.45) is -0.460. The van der Waals surface area contributed by atoms with E-state index < -0.39 is 43.4 Å². The maximum absolute atomic E-state index is 13.6. The lowest BCUT2D eigenvalue weighted by atomic mass is 10.1. The van der Waals surface area contributed by atoms with E-state index in [0.717, 1.165) is 16.7 Å². The second-order valence-electron chi connectivity index (χ2n) is 11.0. The van der Waals surface area contributed by atoms with Crippen LogP contribution in [-0.4, -0.2) is 41.3 Å². The van der Waals surface area contributed by atoms with Gasteiger partial charge in [-0.1, -0.05) is 105 Å². The molecule has 0 heterocycles. The van der Waals surface area contributed by atoms with Gasteiger partial charge in [0.2, 0.25) is 5.91 Å². The van der Waals surface area contributed by atoms with Gasteiger partial charge in [-0.25, -0.2) is 9.59 Å². The summed E-state index contributed by atoms with van der Waals surface area (Å²) in [7, 11) is -4.55. The highest BCUT2D eigenvalue weighted by Gasteiger charge is 2.40. The minimum atomic E-state index is -4.55. The topological polar surface area (TPSA) is 140 Å². The zero-order chi connectivity index (χ0) is 32.5. The van der Waals surface area contributed by atoms with Gasteiger partial charge in [-0.2, -0.15) is 0 Å². The predicted molar refractivity (Wildman–Crippen MR) is 171 cm³/mol. The second kappa shape index (κ2) is 18.7. The third kappa shape index (κ3) is 13.3. The van der Waals surface area contributed by atoms with Crippen LogP contribution >= 0.6 is 7.60 Å². The van der Waals surface area contributed by atoms with Crippen molar-refractivity contribution >= 4 is 25.6 Å². The third-order valence-corrected chi connectivity index (χ3v) is 8.90. The molecule has 0 radical (unpaired) electrons. The maximum Gasteiger partial charge on any atom is 0.407 e. The first-order chi connectivity index (χ1) is 21.6. The molecule has 3 rings (SSSR count). The molecule has 0 aliphatic heterocycles. The zero-order valence-corrected chi connectivity index (χ0v) is 26.7. The number of amides is 2. The van der Waals surface area contributed by atoms with Gasteiger partial charge < -0.3 is 25.0 Å². The number of aryl methyl sites for hydroxylation is 1. The van der Waals surface area contributed by atoms with Crippen LogP contribution in [0.5, 0.6) is 0 Å².